The van der Waals surface area contributed by atoms with Gasteiger partial charge >= 0.3 is 0 Å². The summed E-state index contributed by atoms with van der Waals surface area (Å²) in [5.74, 6) is 2.54. The van der Waals surface area contributed by atoms with Crippen LogP contribution >= 0.6 is 0 Å². The molecule has 0 aliphatic carbocycles. The molecular formula is C14H14N6O. The Bertz CT molecular complexity index is 712. The van der Waals surface area contributed by atoms with E-state index < -0.39 is 0 Å². The predicted molar refractivity (Wildman–Crippen MR) is 78.1 cm³/mol. The zero-order valence-electron chi connectivity index (χ0n) is 11.4. The van der Waals surface area contributed by atoms with E-state index in [4.69, 9.17) is 4.52 Å². The lowest BCUT2D eigenvalue weighted by molar-refractivity contribution is 0.400. The minimum atomic E-state index is 0.539. The van der Waals surface area contributed by atoms with E-state index in [0.717, 1.165) is 11.3 Å². The summed E-state index contributed by atoms with van der Waals surface area (Å²) in [7, 11) is 0. The molecule has 0 atom stereocenters. The summed E-state index contributed by atoms with van der Waals surface area (Å²) in [5.41, 5.74) is 1.11. The first kappa shape index (κ1) is 13.0. The molecule has 106 valence electrons. The van der Waals surface area contributed by atoms with Gasteiger partial charge in [-0.1, -0.05) is 5.16 Å². The van der Waals surface area contributed by atoms with E-state index in [2.05, 4.69) is 30.7 Å². The van der Waals surface area contributed by atoms with Crippen LogP contribution in [0.25, 0.3) is 0 Å². The van der Waals surface area contributed by atoms with Gasteiger partial charge in [-0.15, -0.1) is 0 Å². The van der Waals surface area contributed by atoms with Crippen LogP contribution in [0.4, 0.5) is 17.6 Å². The van der Waals surface area contributed by atoms with Gasteiger partial charge in [-0.2, -0.15) is 4.98 Å². The fraction of sp³-hybridized carbons (Fsp3) is 0.143. The van der Waals surface area contributed by atoms with Crippen LogP contribution in [-0.4, -0.2) is 20.1 Å². The van der Waals surface area contributed by atoms with Crippen LogP contribution in [0.2, 0.25) is 0 Å². The molecule has 7 heteroatoms. The van der Waals surface area contributed by atoms with Gasteiger partial charge in [0.15, 0.2) is 5.82 Å². The maximum atomic E-state index is 4.99. The number of aromatic nitrogens is 4. The first-order chi connectivity index (χ1) is 10.3. The van der Waals surface area contributed by atoms with Gasteiger partial charge in [-0.3, -0.25) is 4.98 Å². The normalized spacial score (nSPS) is 10.3. The number of nitrogens with one attached hydrogen (secondary N) is 2. The highest BCUT2D eigenvalue weighted by Crippen LogP contribution is 2.15. The highest BCUT2D eigenvalue weighted by Gasteiger charge is 2.03. The van der Waals surface area contributed by atoms with Crippen LogP contribution in [0.5, 0.6) is 0 Å². The summed E-state index contributed by atoms with van der Waals surface area (Å²) in [4.78, 5) is 12.5. The molecule has 7 nitrogen and oxygen atoms in total. The molecule has 0 fully saturated rings. The quantitative estimate of drug-likeness (QED) is 0.743. The average Bonchev–Trinajstić information content (AvgIpc) is 2.92. The lowest BCUT2D eigenvalue weighted by Gasteiger charge is -2.06. The van der Waals surface area contributed by atoms with Crippen LogP contribution in [0.1, 0.15) is 11.3 Å². The third-order valence-electron chi connectivity index (χ3n) is 2.74. The minimum absolute atomic E-state index is 0.539. The third kappa shape index (κ3) is 3.53. The van der Waals surface area contributed by atoms with Gasteiger partial charge in [-0.25, -0.2) is 4.98 Å². The zero-order valence-corrected chi connectivity index (χ0v) is 11.4. The Balaban J connectivity index is 1.65. The fourth-order valence-electron chi connectivity index (χ4n) is 1.75. The van der Waals surface area contributed by atoms with Crippen LogP contribution in [-0.2, 0) is 6.54 Å². The van der Waals surface area contributed by atoms with Gasteiger partial charge in [0, 0.05) is 31.2 Å². The molecule has 0 unspecified atom stereocenters. The molecule has 0 aromatic carbocycles. The molecule has 0 aliphatic rings. The molecular weight excluding hydrogens is 268 g/mol. The van der Waals surface area contributed by atoms with Crippen molar-refractivity contribution in [1.82, 2.24) is 20.1 Å². The summed E-state index contributed by atoms with van der Waals surface area (Å²) >= 11 is 0. The van der Waals surface area contributed by atoms with E-state index in [1.165, 1.54) is 0 Å². The van der Waals surface area contributed by atoms with E-state index >= 15 is 0 Å². The Morgan fingerprint density at radius 1 is 1.10 bits per heavy atom. The monoisotopic (exact) mass is 282 g/mol. The van der Waals surface area contributed by atoms with Crippen molar-refractivity contribution in [3.05, 3.63) is 54.2 Å². The molecule has 3 aromatic rings. The molecule has 0 saturated carbocycles. The molecule has 0 saturated heterocycles. The second-order valence-corrected chi connectivity index (χ2v) is 4.42. The summed E-state index contributed by atoms with van der Waals surface area (Å²) in [5, 5.41) is 10.1. The fourth-order valence-corrected chi connectivity index (χ4v) is 1.75. The van der Waals surface area contributed by atoms with Crippen molar-refractivity contribution in [3.63, 3.8) is 0 Å². The van der Waals surface area contributed by atoms with E-state index in [1.54, 1.807) is 30.7 Å². The minimum Gasteiger partial charge on any atom is -0.360 e. The Labute approximate surface area is 121 Å². The van der Waals surface area contributed by atoms with Gasteiger partial charge < -0.3 is 15.2 Å². The van der Waals surface area contributed by atoms with Crippen LogP contribution in [0, 0.1) is 6.92 Å². The lowest BCUT2D eigenvalue weighted by Crippen LogP contribution is -2.05. The molecule has 3 rings (SSSR count). The average molecular weight is 282 g/mol. The largest absolute Gasteiger partial charge is 0.360 e. The van der Waals surface area contributed by atoms with Gasteiger partial charge in [0.05, 0.1) is 0 Å². The SMILES string of the molecule is Cc1cc(Nc2ccnc(NCc3ccncc3)n2)no1. The van der Waals surface area contributed by atoms with E-state index in [9.17, 15) is 0 Å². The van der Waals surface area contributed by atoms with Crippen LogP contribution < -0.4 is 10.6 Å². The molecule has 0 amide bonds. The number of hydrogen-bond acceptors (Lipinski definition) is 7. The number of rotatable bonds is 5. The van der Waals surface area contributed by atoms with Gasteiger partial charge in [0.25, 0.3) is 0 Å². The predicted octanol–water partition coefficient (Wildman–Crippen LogP) is 2.52. The molecule has 2 N–H and O–H groups in total. The Kier molecular flexibility index (Phi) is 3.72. The molecule has 0 spiro atoms. The Morgan fingerprint density at radius 3 is 2.71 bits per heavy atom. The standard InChI is InChI=1S/C14H14N6O/c1-10-8-13(20-21-10)18-12-4-7-16-14(19-12)17-9-11-2-5-15-6-3-11/h2-8H,9H2,1H3,(H2,16,17,18,19,20). The summed E-state index contributed by atoms with van der Waals surface area (Å²) in [6, 6.07) is 7.44. The van der Waals surface area contributed by atoms with E-state index in [-0.39, 0.29) is 0 Å². The number of anilines is 3. The van der Waals surface area contributed by atoms with Gasteiger partial charge in [0.1, 0.15) is 11.6 Å². The van der Waals surface area contributed by atoms with Crippen molar-refractivity contribution in [2.45, 2.75) is 13.5 Å². The molecule has 0 aliphatic heterocycles. The van der Waals surface area contributed by atoms with Gasteiger partial charge in [0.2, 0.25) is 5.95 Å². The Morgan fingerprint density at radius 2 is 1.95 bits per heavy atom. The van der Waals surface area contributed by atoms with Crippen molar-refractivity contribution in [1.29, 1.82) is 0 Å². The van der Waals surface area contributed by atoms with Crippen LogP contribution in [0.15, 0.2) is 47.4 Å². The van der Waals surface area contributed by atoms with Crippen molar-refractivity contribution in [2.24, 2.45) is 0 Å². The van der Waals surface area contributed by atoms with Gasteiger partial charge in [-0.05, 0) is 30.7 Å². The molecule has 3 heterocycles. The summed E-state index contributed by atoms with van der Waals surface area (Å²) in [6.45, 7) is 2.47. The topological polar surface area (TPSA) is 88.8 Å². The lowest BCUT2D eigenvalue weighted by atomic mass is 10.3. The second-order valence-electron chi connectivity index (χ2n) is 4.42. The van der Waals surface area contributed by atoms with Crippen molar-refractivity contribution >= 4 is 17.6 Å². The number of nitrogens with zero attached hydrogens (tertiary/aromatic N) is 4. The number of pyridine rings is 1. The second kappa shape index (κ2) is 6.00. The van der Waals surface area contributed by atoms with Crippen molar-refractivity contribution < 1.29 is 4.52 Å². The first-order valence-electron chi connectivity index (χ1n) is 6.46. The van der Waals surface area contributed by atoms with E-state index in [1.807, 2.05) is 19.1 Å². The zero-order chi connectivity index (χ0) is 14.5. The summed E-state index contributed by atoms with van der Waals surface area (Å²) < 4.78 is 4.99. The Hall–Kier alpha value is -2.96. The van der Waals surface area contributed by atoms with Crippen molar-refractivity contribution in [3.8, 4) is 0 Å². The molecule has 0 radical (unpaired) electrons. The van der Waals surface area contributed by atoms with Crippen LogP contribution in [0.3, 0.4) is 0 Å². The highest BCUT2D eigenvalue weighted by molar-refractivity contribution is 5.52. The smallest absolute Gasteiger partial charge is 0.224 e. The summed E-state index contributed by atoms with van der Waals surface area (Å²) in [6.07, 6.45) is 5.18. The van der Waals surface area contributed by atoms with Crippen molar-refractivity contribution in [2.75, 3.05) is 10.6 Å². The third-order valence-corrected chi connectivity index (χ3v) is 2.74. The maximum Gasteiger partial charge on any atom is 0.224 e. The maximum absolute atomic E-state index is 4.99. The molecule has 3 aromatic heterocycles. The highest BCUT2D eigenvalue weighted by atomic mass is 16.5. The number of aryl methyl sites for hydroxylation is 1. The number of hydrogen-bond donors (Lipinski definition) is 2. The van der Waals surface area contributed by atoms with E-state index in [0.29, 0.717) is 24.1 Å². The first-order valence-corrected chi connectivity index (χ1v) is 6.46. The molecule has 0 bridgehead atoms. The molecule has 21 heavy (non-hydrogen) atoms.